The van der Waals surface area contributed by atoms with Gasteiger partial charge in [-0.3, -0.25) is 9.89 Å². The van der Waals surface area contributed by atoms with Crippen LogP contribution in [0.1, 0.15) is 12.8 Å². The van der Waals surface area contributed by atoms with E-state index in [2.05, 4.69) is 25.4 Å². The molecule has 0 spiro atoms. The molecule has 0 radical (unpaired) electrons. The first kappa shape index (κ1) is 20.2. The Morgan fingerprint density at radius 2 is 1.80 bits per heavy atom. The number of piperazine rings is 1. The molecular weight excluding hydrogens is 432 g/mol. The van der Waals surface area contributed by atoms with Crippen LogP contribution in [0.2, 0.25) is 0 Å². The summed E-state index contributed by atoms with van der Waals surface area (Å²) in [4.78, 5) is 9.04. The van der Waals surface area contributed by atoms with Gasteiger partial charge in [-0.15, -0.1) is 24.0 Å². The van der Waals surface area contributed by atoms with E-state index in [1.807, 2.05) is 19.2 Å². The molecule has 0 aromatic heterocycles. The van der Waals surface area contributed by atoms with E-state index in [4.69, 9.17) is 0 Å². The lowest BCUT2D eigenvalue weighted by atomic mass is 10.2. The maximum Gasteiger partial charge on any atom is 0.191 e. The van der Waals surface area contributed by atoms with Gasteiger partial charge >= 0.3 is 0 Å². The van der Waals surface area contributed by atoms with Crippen molar-refractivity contribution in [2.75, 3.05) is 57.8 Å². The van der Waals surface area contributed by atoms with Crippen molar-refractivity contribution in [1.82, 2.24) is 15.5 Å². The Morgan fingerprint density at radius 1 is 1.12 bits per heavy atom. The molecule has 0 unspecified atom stereocenters. The molecule has 140 valence electrons. The predicted octanol–water partition coefficient (Wildman–Crippen LogP) is 2.14. The monoisotopic (exact) mass is 461 g/mol. The van der Waals surface area contributed by atoms with Crippen molar-refractivity contribution in [3.8, 4) is 0 Å². The second kappa shape index (κ2) is 10.2. The van der Waals surface area contributed by atoms with Crippen molar-refractivity contribution in [1.29, 1.82) is 0 Å². The van der Waals surface area contributed by atoms with E-state index in [1.165, 1.54) is 25.0 Å². The number of nitrogens with one attached hydrogen (secondary N) is 2. The zero-order valence-corrected chi connectivity index (χ0v) is 17.2. The van der Waals surface area contributed by atoms with Crippen LogP contribution in [-0.2, 0) is 0 Å². The number of aliphatic imine (C=N–C) groups is 1. The molecular formula is C18H29FIN5. The molecule has 1 aliphatic heterocycles. The molecule has 0 atom stereocenters. The average Bonchev–Trinajstić information content (AvgIpc) is 3.44. The van der Waals surface area contributed by atoms with Crippen LogP contribution in [0.5, 0.6) is 0 Å². The van der Waals surface area contributed by atoms with E-state index in [9.17, 15) is 4.39 Å². The average molecular weight is 461 g/mol. The highest BCUT2D eigenvalue weighted by atomic mass is 127. The zero-order chi connectivity index (χ0) is 16.8. The van der Waals surface area contributed by atoms with Gasteiger partial charge in [0.15, 0.2) is 5.96 Å². The molecule has 1 aliphatic carbocycles. The van der Waals surface area contributed by atoms with Crippen molar-refractivity contribution in [2.24, 2.45) is 10.9 Å². The molecule has 0 bridgehead atoms. The standard InChI is InChI=1S/C18H28FN5.HI/c1-20-18(22-14-15-2-3-15)21-8-9-23-10-12-24(13-11-23)17-6-4-16(19)5-7-17;/h4-7,15H,2-3,8-14H2,1H3,(H2,20,21,22);1H. The van der Waals surface area contributed by atoms with E-state index in [1.54, 1.807) is 0 Å². The van der Waals surface area contributed by atoms with Crippen LogP contribution in [0, 0.1) is 11.7 Å². The number of anilines is 1. The number of guanidine groups is 1. The molecule has 1 saturated carbocycles. The normalized spacial score (nSPS) is 18.6. The van der Waals surface area contributed by atoms with E-state index < -0.39 is 0 Å². The Bertz CT molecular complexity index is 539. The first-order chi connectivity index (χ1) is 11.7. The topological polar surface area (TPSA) is 42.9 Å². The van der Waals surface area contributed by atoms with E-state index in [-0.39, 0.29) is 29.8 Å². The summed E-state index contributed by atoms with van der Waals surface area (Å²) in [6.45, 7) is 7.00. The maximum absolute atomic E-state index is 13.0. The number of rotatable bonds is 6. The smallest absolute Gasteiger partial charge is 0.191 e. The molecule has 1 saturated heterocycles. The molecule has 0 amide bonds. The third kappa shape index (κ3) is 6.62. The lowest BCUT2D eigenvalue weighted by molar-refractivity contribution is 0.261. The second-order valence-corrected chi connectivity index (χ2v) is 6.63. The van der Waals surface area contributed by atoms with Gasteiger partial charge in [-0.05, 0) is 43.0 Å². The van der Waals surface area contributed by atoms with E-state index in [0.717, 1.165) is 63.4 Å². The summed E-state index contributed by atoms with van der Waals surface area (Å²) in [5.41, 5.74) is 1.11. The van der Waals surface area contributed by atoms with Crippen molar-refractivity contribution in [3.63, 3.8) is 0 Å². The molecule has 1 aromatic rings. The van der Waals surface area contributed by atoms with Crippen LogP contribution in [0.25, 0.3) is 0 Å². The molecule has 1 heterocycles. The van der Waals surface area contributed by atoms with Crippen LogP contribution >= 0.6 is 24.0 Å². The summed E-state index contributed by atoms with van der Waals surface area (Å²) in [5, 5.41) is 6.77. The predicted molar refractivity (Wildman–Crippen MR) is 113 cm³/mol. The summed E-state index contributed by atoms with van der Waals surface area (Å²) in [7, 11) is 1.82. The summed E-state index contributed by atoms with van der Waals surface area (Å²) in [5.74, 6) is 1.59. The van der Waals surface area contributed by atoms with Gasteiger partial charge in [0.25, 0.3) is 0 Å². The summed E-state index contributed by atoms with van der Waals surface area (Å²) in [6.07, 6.45) is 2.70. The Balaban J connectivity index is 0.00000225. The Morgan fingerprint density at radius 3 is 2.40 bits per heavy atom. The number of hydrogen-bond acceptors (Lipinski definition) is 3. The molecule has 5 nitrogen and oxygen atoms in total. The molecule has 2 fully saturated rings. The first-order valence-electron chi connectivity index (χ1n) is 8.92. The molecule has 7 heteroatoms. The van der Waals surface area contributed by atoms with Gasteiger partial charge in [-0.1, -0.05) is 0 Å². The molecule has 3 rings (SSSR count). The quantitative estimate of drug-likeness (QED) is 0.387. The minimum Gasteiger partial charge on any atom is -0.369 e. The lowest BCUT2D eigenvalue weighted by Gasteiger charge is -2.36. The summed E-state index contributed by atoms with van der Waals surface area (Å²) < 4.78 is 13.0. The van der Waals surface area contributed by atoms with Gasteiger partial charge in [-0.25, -0.2) is 4.39 Å². The van der Waals surface area contributed by atoms with Gasteiger partial charge in [0.1, 0.15) is 5.82 Å². The Labute approximate surface area is 167 Å². The maximum atomic E-state index is 13.0. The number of hydrogen-bond donors (Lipinski definition) is 2. The molecule has 1 aromatic carbocycles. The minimum atomic E-state index is -0.174. The first-order valence-corrected chi connectivity index (χ1v) is 8.92. The van der Waals surface area contributed by atoms with E-state index >= 15 is 0 Å². The second-order valence-electron chi connectivity index (χ2n) is 6.63. The van der Waals surface area contributed by atoms with Crippen LogP contribution in [0.15, 0.2) is 29.3 Å². The van der Waals surface area contributed by atoms with E-state index in [0.29, 0.717) is 0 Å². The molecule has 25 heavy (non-hydrogen) atoms. The SMILES string of the molecule is CN=C(NCCN1CCN(c2ccc(F)cc2)CC1)NCC1CC1.I. The fourth-order valence-electron chi connectivity index (χ4n) is 3.00. The van der Waals surface area contributed by atoms with Crippen molar-refractivity contribution >= 4 is 35.6 Å². The lowest BCUT2D eigenvalue weighted by Crippen LogP contribution is -2.49. The van der Waals surface area contributed by atoms with Gasteiger partial charge < -0.3 is 15.5 Å². The third-order valence-electron chi connectivity index (χ3n) is 4.76. The highest BCUT2D eigenvalue weighted by Crippen LogP contribution is 2.27. The van der Waals surface area contributed by atoms with Crippen LogP contribution < -0.4 is 15.5 Å². The highest BCUT2D eigenvalue weighted by molar-refractivity contribution is 14.0. The largest absolute Gasteiger partial charge is 0.369 e. The third-order valence-corrected chi connectivity index (χ3v) is 4.76. The number of nitrogens with zero attached hydrogens (tertiary/aromatic N) is 3. The van der Waals surface area contributed by atoms with Gasteiger partial charge in [0.05, 0.1) is 0 Å². The molecule has 2 N–H and O–H groups in total. The van der Waals surface area contributed by atoms with Crippen molar-refractivity contribution in [2.45, 2.75) is 12.8 Å². The molecule has 2 aliphatic rings. The fraction of sp³-hybridized carbons (Fsp3) is 0.611. The number of halogens is 2. The van der Waals surface area contributed by atoms with Crippen LogP contribution in [0.3, 0.4) is 0 Å². The van der Waals surface area contributed by atoms with Crippen LogP contribution in [-0.4, -0.2) is 63.7 Å². The summed E-state index contributed by atoms with van der Waals surface area (Å²) >= 11 is 0. The zero-order valence-electron chi connectivity index (χ0n) is 14.9. The van der Waals surface area contributed by atoms with Crippen molar-refractivity contribution < 1.29 is 4.39 Å². The summed E-state index contributed by atoms with van der Waals surface area (Å²) in [6, 6.07) is 6.79. The Hall–Kier alpha value is -1.09. The minimum absolute atomic E-state index is 0. The Kier molecular flexibility index (Phi) is 8.21. The number of benzene rings is 1. The van der Waals surface area contributed by atoms with Gasteiger partial charge in [0.2, 0.25) is 0 Å². The van der Waals surface area contributed by atoms with Gasteiger partial charge in [0, 0.05) is 58.5 Å². The van der Waals surface area contributed by atoms with Crippen LogP contribution in [0.4, 0.5) is 10.1 Å². The fourth-order valence-corrected chi connectivity index (χ4v) is 3.00. The highest BCUT2D eigenvalue weighted by Gasteiger charge is 2.21. The van der Waals surface area contributed by atoms with Crippen molar-refractivity contribution in [3.05, 3.63) is 30.1 Å². The van der Waals surface area contributed by atoms with Gasteiger partial charge in [-0.2, -0.15) is 0 Å².